The lowest BCUT2D eigenvalue weighted by Crippen LogP contribution is -2.30. The number of nitrogens with two attached hydrogens (primary N) is 1. The molecule has 0 radical (unpaired) electrons. The van der Waals surface area contributed by atoms with Crippen molar-refractivity contribution in [2.24, 2.45) is 5.73 Å². The highest BCUT2D eigenvalue weighted by Crippen LogP contribution is 2.37. The molecule has 0 spiro atoms. The van der Waals surface area contributed by atoms with Crippen LogP contribution in [0.1, 0.15) is 30.9 Å². The molecule has 2 nitrogen and oxygen atoms in total. The standard InChI is InChI=1S/C13H19NO/c1-10-4-5-12-11(8-10)9-13(2,15-12)6-3-7-14/h4-5,8H,3,6-7,9,14H2,1-2H3. The first-order valence-electron chi connectivity index (χ1n) is 5.62. The molecule has 2 heteroatoms. The van der Waals surface area contributed by atoms with Gasteiger partial charge in [0.05, 0.1) is 0 Å². The van der Waals surface area contributed by atoms with Crippen molar-refractivity contribution in [2.75, 3.05) is 6.54 Å². The zero-order valence-corrected chi connectivity index (χ0v) is 9.55. The first-order valence-corrected chi connectivity index (χ1v) is 5.62. The predicted octanol–water partition coefficient (Wildman–Crippen LogP) is 2.43. The van der Waals surface area contributed by atoms with Gasteiger partial charge >= 0.3 is 0 Å². The number of rotatable bonds is 3. The van der Waals surface area contributed by atoms with Gasteiger partial charge in [0, 0.05) is 6.42 Å². The molecule has 15 heavy (non-hydrogen) atoms. The van der Waals surface area contributed by atoms with Crippen molar-refractivity contribution in [1.82, 2.24) is 0 Å². The Hall–Kier alpha value is -1.02. The second-order valence-corrected chi connectivity index (χ2v) is 4.73. The first kappa shape index (κ1) is 10.5. The number of fused-ring (bicyclic) bond motifs is 1. The summed E-state index contributed by atoms with van der Waals surface area (Å²) in [6.45, 7) is 5.04. The minimum Gasteiger partial charge on any atom is -0.487 e. The van der Waals surface area contributed by atoms with Crippen molar-refractivity contribution in [1.29, 1.82) is 0 Å². The summed E-state index contributed by atoms with van der Waals surface area (Å²) < 4.78 is 6.00. The van der Waals surface area contributed by atoms with Gasteiger partial charge in [0.15, 0.2) is 0 Å². The van der Waals surface area contributed by atoms with Crippen LogP contribution in [-0.2, 0) is 6.42 Å². The number of benzene rings is 1. The summed E-state index contributed by atoms with van der Waals surface area (Å²) in [6.07, 6.45) is 3.09. The SMILES string of the molecule is Cc1ccc2c(c1)CC(C)(CCCN)O2. The van der Waals surface area contributed by atoms with Crippen LogP contribution < -0.4 is 10.5 Å². The Morgan fingerprint density at radius 1 is 1.47 bits per heavy atom. The molecule has 1 aromatic carbocycles. The minimum absolute atomic E-state index is 0.0322. The van der Waals surface area contributed by atoms with Gasteiger partial charge in [-0.15, -0.1) is 0 Å². The summed E-state index contributed by atoms with van der Waals surface area (Å²) in [4.78, 5) is 0. The topological polar surface area (TPSA) is 35.2 Å². The fourth-order valence-corrected chi connectivity index (χ4v) is 2.27. The highest BCUT2D eigenvalue weighted by atomic mass is 16.5. The number of ether oxygens (including phenoxy) is 1. The zero-order chi connectivity index (χ0) is 10.9. The van der Waals surface area contributed by atoms with Crippen LogP contribution >= 0.6 is 0 Å². The number of hydrogen-bond donors (Lipinski definition) is 1. The summed E-state index contributed by atoms with van der Waals surface area (Å²) in [7, 11) is 0. The third-order valence-electron chi connectivity index (χ3n) is 3.05. The molecule has 1 aliphatic heterocycles. The average Bonchev–Trinajstić information content (AvgIpc) is 2.51. The summed E-state index contributed by atoms with van der Waals surface area (Å²) >= 11 is 0. The van der Waals surface area contributed by atoms with E-state index in [1.54, 1.807) is 0 Å². The lowest BCUT2D eigenvalue weighted by Gasteiger charge is -2.23. The van der Waals surface area contributed by atoms with Crippen LogP contribution in [0.15, 0.2) is 18.2 Å². The molecule has 0 saturated heterocycles. The van der Waals surface area contributed by atoms with E-state index >= 15 is 0 Å². The largest absolute Gasteiger partial charge is 0.487 e. The molecular formula is C13H19NO. The Bertz CT molecular complexity index is 362. The summed E-state index contributed by atoms with van der Waals surface area (Å²) in [6, 6.07) is 6.41. The van der Waals surface area contributed by atoms with Gasteiger partial charge in [-0.05, 0) is 44.9 Å². The number of hydrogen-bond acceptors (Lipinski definition) is 2. The highest BCUT2D eigenvalue weighted by Gasteiger charge is 2.33. The van der Waals surface area contributed by atoms with Crippen LogP contribution in [0.3, 0.4) is 0 Å². The second-order valence-electron chi connectivity index (χ2n) is 4.73. The molecule has 0 aliphatic carbocycles. The lowest BCUT2D eigenvalue weighted by atomic mass is 9.94. The van der Waals surface area contributed by atoms with Gasteiger partial charge in [-0.1, -0.05) is 17.7 Å². The summed E-state index contributed by atoms with van der Waals surface area (Å²) in [5, 5.41) is 0. The van der Waals surface area contributed by atoms with Crippen LogP contribution in [0.25, 0.3) is 0 Å². The summed E-state index contributed by atoms with van der Waals surface area (Å²) in [5.41, 5.74) is 8.16. The molecular weight excluding hydrogens is 186 g/mol. The molecule has 0 bridgehead atoms. The van der Waals surface area contributed by atoms with Crippen molar-refractivity contribution >= 4 is 0 Å². The maximum Gasteiger partial charge on any atom is 0.123 e. The maximum atomic E-state index is 6.00. The van der Waals surface area contributed by atoms with Crippen LogP contribution in [0.5, 0.6) is 5.75 Å². The predicted molar refractivity (Wildman–Crippen MR) is 62.2 cm³/mol. The molecule has 1 atom stereocenters. The van der Waals surface area contributed by atoms with E-state index in [9.17, 15) is 0 Å². The fourth-order valence-electron chi connectivity index (χ4n) is 2.27. The molecule has 0 amide bonds. The quantitative estimate of drug-likeness (QED) is 0.822. The van der Waals surface area contributed by atoms with Gasteiger partial charge in [-0.2, -0.15) is 0 Å². The Morgan fingerprint density at radius 2 is 2.27 bits per heavy atom. The Kier molecular flexibility index (Phi) is 2.70. The Morgan fingerprint density at radius 3 is 3.00 bits per heavy atom. The van der Waals surface area contributed by atoms with Crippen molar-refractivity contribution in [3.05, 3.63) is 29.3 Å². The molecule has 0 fully saturated rings. The van der Waals surface area contributed by atoms with Gasteiger partial charge in [0.2, 0.25) is 0 Å². The van der Waals surface area contributed by atoms with E-state index in [1.807, 2.05) is 0 Å². The Balaban J connectivity index is 2.14. The smallest absolute Gasteiger partial charge is 0.123 e. The molecule has 2 rings (SSSR count). The third-order valence-corrected chi connectivity index (χ3v) is 3.05. The van der Waals surface area contributed by atoms with Gasteiger partial charge in [-0.3, -0.25) is 0 Å². The molecule has 1 heterocycles. The molecule has 82 valence electrons. The van der Waals surface area contributed by atoms with Gasteiger partial charge < -0.3 is 10.5 Å². The molecule has 1 aliphatic rings. The average molecular weight is 205 g/mol. The summed E-state index contributed by atoms with van der Waals surface area (Å²) in [5.74, 6) is 1.06. The minimum atomic E-state index is -0.0322. The van der Waals surface area contributed by atoms with E-state index in [2.05, 4.69) is 32.0 Å². The van der Waals surface area contributed by atoms with Crippen molar-refractivity contribution in [3.63, 3.8) is 0 Å². The van der Waals surface area contributed by atoms with E-state index in [0.717, 1.165) is 31.6 Å². The van der Waals surface area contributed by atoms with Gasteiger partial charge in [0.1, 0.15) is 11.4 Å². The van der Waals surface area contributed by atoms with E-state index in [0.29, 0.717) is 0 Å². The Labute approximate surface area is 91.4 Å². The van der Waals surface area contributed by atoms with Crippen molar-refractivity contribution in [3.8, 4) is 5.75 Å². The normalized spacial score (nSPS) is 23.7. The molecule has 2 N–H and O–H groups in total. The fraction of sp³-hybridized carbons (Fsp3) is 0.538. The van der Waals surface area contributed by atoms with Crippen molar-refractivity contribution in [2.45, 2.75) is 38.7 Å². The van der Waals surface area contributed by atoms with E-state index < -0.39 is 0 Å². The highest BCUT2D eigenvalue weighted by molar-refractivity contribution is 5.41. The first-order chi connectivity index (χ1) is 7.13. The molecule has 0 saturated carbocycles. The van der Waals surface area contributed by atoms with E-state index in [4.69, 9.17) is 10.5 Å². The monoisotopic (exact) mass is 205 g/mol. The number of aryl methyl sites for hydroxylation is 1. The van der Waals surface area contributed by atoms with E-state index in [1.165, 1.54) is 11.1 Å². The van der Waals surface area contributed by atoms with E-state index in [-0.39, 0.29) is 5.60 Å². The zero-order valence-electron chi connectivity index (χ0n) is 9.55. The van der Waals surface area contributed by atoms with Crippen LogP contribution in [0.4, 0.5) is 0 Å². The molecule has 1 aromatic rings. The van der Waals surface area contributed by atoms with Crippen LogP contribution in [0.2, 0.25) is 0 Å². The van der Waals surface area contributed by atoms with Crippen molar-refractivity contribution < 1.29 is 4.74 Å². The molecule has 0 aromatic heterocycles. The van der Waals surface area contributed by atoms with Crippen LogP contribution in [-0.4, -0.2) is 12.1 Å². The van der Waals surface area contributed by atoms with Gasteiger partial charge in [0.25, 0.3) is 0 Å². The van der Waals surface area contributed by atoms with Gasteiger partial charge in [-0.25, -0.2) is 0 Å². The third kappa shape index (κ3) is 2.15. The lowest BCUT2D eigenvalue weighted by molar-refractivity contribution is 0.104. The molecule has 1 unspecified atom stereocenters. The van der Waals surface area contributed by atoms with Crippen LogP contribution in [0, 0.1) is 6.92 Å². The maximum absolute atomic E-state index is 6.00. The second kappa shape index (κ2) is 3.86.